The van der Waals surface area contributed by atoms with Gasteiger partial charge in [-0.15, -0.1) is 11.3 Å². The normalized spacial score (nSPS) is 11.9. The van der Waals surface area contributed by atoms with Crippen LogP contribution in [0, 0.1) is 0 Å². The van der Waals surface area contributed by atoms with Crippen molar-refractivity contribution in [2.75, 3.05) is 0 Å². The number of nitrogens with zero attached hydrogens (tertiary/aromatic N) is 2. The van der Waals surface area contributed by atoms with Crippen molar-refractivity contribution in [3.8, 4) is 44.8 Å². The van der Waals surface area contributed by atoms with Crippen molar-refractivity contribution in [2.24, 2.45) is 0 Å². The average Bonchev–Trinajstić information content (AvgIpc) is 3.94. The maximum atomic E-state index is 2.47. The predicted octanol–water partition coefficient (Wildman–Crippen LogP) is 15.2. The molecule has 0 N–H and O–H groups in total. The molecule has 0 fully saturated rings. The maximum Gasteiger partial charge on any atom is 0.0547 e. The number of benzene rings is 9. The third-order valence-electron chi connectivity index (χ3n) is 11.8. The van der Waals surface area contributed by atoms with E-state index in [1.807, 2.05) is 11.3 Å². The third-order valence-corrected chi connectivity index (χ3v) is 13.0. The Hall–Kier alpha value is -7.20. The number of thiophene rings is 1. The average molecular weight is 743 g/mol. The highest BCUT2D eigenvalue weighted by Gasteiger charge is 2.20. The van der Waals surface area contributed by atoms with E-state index in [-0.39, 0.29) is 0 Å². The number of hydrogen-bond acceptors (Lipinski definition) is 1. The smallest absolute Gasteiger partial charge is 0.0547 e. The van der Waals surface area contributed by atoms with Crippen LogP contribution in [0.4, 0.5) is 0 Å². The summed E-state index contributed by atoms with van der Waals surface area (Å²) in [6.07, 6.45) is 0. The summed E-state index contributed by atoms with van der Waals surface area (Å²) < 4.78 is 7.52. The molecule has 266 valence electrons. The van der Waals surface area contributed by atoms with E-state index < -0.39 is 0 Å². The molecule has 3 heterocycles. The van der Waals surface area contributed by atoms with Gasteiger partial charge >= 0.3 is 0 Å². The lowest BCUT2D eigenvalue weighted by molar-refractivity contribution is 1.18. The molecule has 12 rings (SSSR count). The van der Waals surface area contributed by atoms with Crippen LogP contribution in [0.3, 0.4) is 0 Å². The minimum atomic E-state index is 1.17. The molecule has 12 aromatic rings. The van der Waals surface area contributed by atoms with E-state index in [0.29, 0.717) is 0 Å². The fraction of sp³-hybridized carbons (Fsp3) is 0. The topological polar surface area (TPSA) is 9.86 Å². The fourth-order valence-corrected chi connectivity index (χ4v) is 10.5. The Kier molecular flexibility index (Phi) is 7.13. The van der Waals surface area contributed by atoms with Gasteiger partial charge in [0.2, 0.25) is 0 Å². The lowest BCUT2D eigenvalue weighted by Gasteiger charge is -2.17. The molecule has 0 aliphatic carbocycles. The molecule has 3 heteroatoms. The molecule has 57 heavy (non-hydrogen) atoms. The first-order valence-corrected chi connectivity index (χ1v) is 20.3. The first-order chi connectivity index (χ1) is 28.3. The highest BCUT2D eigenvalue weighted by molar-refractivity contribution is 7.26. The number of hydrogen-bond donors (Lipinski definition) is 0. The molecule has 0 saturated carbocycles. The minimum absolute atomic E-state index is 1.17. The van der Waals surface area contributed by atoms with Crippen LogP contribution in [0.15, 0.2) is 206 Å². The van der Waals surface area contributed by atoms with Gasteiger partial charge in [0.15, 0.2) is 0 Å². The lowest BCUT2D eigenvalue weighted by Crippen LogP contribution is -1.98. The summed E-state index contributed by atoms with van der Waals surface area (Å²) in [5, 5.41) is 7.64. The van der Waals surface area contributed by atoms with Crippen molar-refractivity contribution in [2.45, 2.75) is 0 Å². The first kappa shape index (κ1) is 32.1. The predicted molar refractivity (Wildman–Crippen MR) is 244 cm³/mol. The zero-order valence-corrected chi connectivity index (χ0v) is 31.7. The molecule has 0 aliphatic rings. The van der Waals surface area contributed by atoms with E-state index in [2.05, 4.69) is 215 Å². The second kappa shape index (κ2) is 12.7. The Morgan fingerprint density at radius 1 is 0.298 bits per heavy atom. The van der Waals surface area contributed by atoms with Crippen LogP contribution in [0.5, 0.6) is 0 Å². The zero-order chi connectivity index (χ0) is 37.5. The van der Waals surface area contributed by atoms with Crippen LogP contribution >= 0.6 is 11.3 Å². The quantitative estimate of drug-likeness (QED) is 0.166. The third kappa shape index (κ3) is 4.89. The maximum absolute atomic E-state index is 2.47. The molecule has 0 saturated heterocycles. The Morgan fingerprint density at radius 3 is 1.67 bits per heavy atom. The molecule has 0 bridgehead atoms. The van der Waals surface area contributed by atoms with Crippen molar-refractivity contribution in [1.29, 1.82) is 0 Å². The summed E-state index contributed by atoms with van der Waals surface area (Å²) in [4.78, 5) is 0. The second-order valence-corrected chi connectivity index (χ2v) is 15.9. The van der Waals surface area contributed by atoms with Gasteiger partial charge in [-0.3, -0.25) is 0 Å². The van der Waals surface area contributed by atoms with E-state index in [9.17, 15) is 0 Å². The Bertz CT molecular complexity index is 3530. The molecule has 3 aromatic heterocycles. The Balaban J connectivity index is 1.05. The van der Waals surface area contributed by atoms with Crippen LogP contribution in [-0.2, 0) is 0 Å². The number of aromatic nitrogens is 2. The van der Waals surface area contributed by atoms with Crippen LogP contribution in [0.25, 0.3) is 109 Å². The summed E-state index contributed by atoms with van der Waals surface area (Å²) in [5.41, 5.74) is 14.5. The van der Waals surface area contributed by atoms with Gasteiger partial charge in [0.25, 0.3) is 0 Å². The van der Waals surface area contributed by atoms with Crippen LogP contribution < -0.4 is 0 Å². The van der Waals surface area contributed by atoms with Gasteiger partial charge < -0.3 is 9.13 Å². The Morgan fingerprint density at radius 2 is 0.842 bits per heavy atom. The molecular weight excluding hydrogens is 709 g/mol. The zero-order valence-electron chi connectivity index (χ0n) is 30.9. The largest absolute Gasteiger partial charge is 0.309 e. The second-order valence-electron chi connectivity index (χ2n) is 14.8. The molecule has 0 radical (unpaired) electrons. The van der Waals surface area contributed by atoms with Crippen LogP contribution in [0.2, 0.25) is 0 Å². The van der Waals surface area contributed by atoms with Crippen molar-refractivity contribution >= 4 is 75.1 Å². The molecule has 9 aromatic carbocycles. The van der Waals surface area contributed by atoms with Crippen molar-refractivity contribution in [1.82, 2.24) is 9.13 Å². The lowest BCUT2D eigenvalue weighted by atomic mass is 9.92. The van der Waals surface area contributed by atoms with Gasteiger partial charge in [0, 0.05) is 58.5 Å². The van der Waals surface area contributed by atoms with Gasteiger partial charge in [-0.25, -0.2) is 0 Å². The molecule has 2 nitrogen and oxygen atoms in total. The van der Waals surface area contributed by atoms with Gasteiger partial charge in [-0.1, -0.05) is 152 Å². The fourth-order valence-electron chi connectivity index (χ4n) is 9.23. The Labute approximate surface area is 333 Å². The summed E-state index contributed by atoms with van der Waals surface area (Å²) >= 11 is 1.89. The van der Waals surface area contributed by atoms with Crippen molar-refractivity contribution < 1.29 is 0 Å². The van der Waals surface area contributed by atoms with E-state index in [1.165, 1.54) is 109 Å². The highest BCUT2D eigenvalue weighted by atomic mass is 32.1. The van der Waals surface area contributed by atoms with Gasteiger partial charge in [-0.05, 0) is 76.9 Å². The molecular formula is C54H34N2S. The summed E-state index contributed by atoms with van der Waals surface area (Å²) in [7, 11) is 0. The molecule has 0 unspecified atom stereocenters. The van der Waals surface area contributed by atoms with E-state index in [0.717, 1.165) is 0 Å². The van der Waals surface area contributed by atoms with Crippen LogP contribution in [-0.4, -0.2) is 9.13 Å². The first-order valence-electron chi connectivity index (χ1n) is 19.5. The summed E-state index contributed by atoms with van der Waals surface area (Å²) in [6.45, 7) is 0. The van der Waals surface area contributed by atoms with Gasteiger partial charge in [0.05, 0.1) is 27.8 Å². The standard InChI is InChI=1S/C54H34N2S/c1-2-15-37(16-3-1)55-48-25-10-7-20-41(48)43-31-29-36(34-52(43)55)35-30-32-51-47(33-35)42-21-8-12-27-50(42)56(51)49-26-11-6-19-40(49)38-17-4-5-18-39(38)45-23-14-24-46-44-22-9-13-28-53(44)57-54(45)46/h1-34H. The van der Waals surface area contributed by atoms with Gasteiger partial charge in [0.1, 0.15) is 0 Å². The summed E-state index contributed by atoms with van der Waals surface area (Å²) in [5.74, 6) is 0. The molecule has 0 spiro atoms. The number of rotatable bonds is 5. The molecule has 0 amide bonds. The SMILES string of the molecule is c1ccc(-n2c3ccccc3c3ccc(-c4ccc5c(c4)c4ccccc4n5-c4ccccc4-c4ccccc4-c4cccc5c4sc4ccccc45)cc32)cc1. The van der Waals surface area contributed by atoms with Gasteiger partial charge in [-0.2, -0.15) is 0 Å². The monoisotopic (exact) mass is 742 g/mol. The number of fused-ring (bicyclic) bond motifs is 9. The van der Waals surface area contributed by atoms with Crippen molar-refractivity contribution in [3.63, 3.8) is 0 Å². The molecule has 0 atom stereocenters. The minimum Gasteiger partial charge on any atom is -0.309 e. The van der Waals surface area contributed by atoms with Crippen LogP contribution in [0.1, 0.15) is 0 Å². The summed E-state index contributed by atoms with van der Waals surface area (Å²) in [6, 6.07) is 75.6. The molecule has 0 aliphatic heterocycles. The highest BCUT2D eigenvalue weighted by Crippen LogP contribution is 2.45. The van der Waals surface area contributed by atoms with E-state index >= 15 is 0 Å². The van der Waals surface area contributed by atoms with E-state index in [1.54, 1.807) is 0 Å². The van der Waals surface area contributed by atoms with Crippen molar-refractivity contribution in [3.05, 3.63) is 206 Å². The number of para-hydroxylation sites is 4. The van der Waals surface area contributed by atoms with E-state index in [4.69, 9.17) is 0 Å².